The average molecular weight is 291 g/mol. The Labute approximate surface area is 131 Å². The van der Waals surface area contributed by atoms with E-state index in [4.69, 9.17) is 4.74 Å². The minimum absolute atomic E-state index is 0.272. The van der Waals surface area contributed by atoms with Gasteiger partial charge in [0.2, 0.25) is 0 Å². The summed E-state index contributed by atoms with van der Waals surface area (Å²) in [4.78, 5) is 0. The molecule has 0 saturated carbocycles. The van der Waals surface area contributed by atoms with E-state index in [-0.39, 0.29) is 6.10 Å². The largest absolute Gasteiger partial charge is 0.377 e. The lowest BCUT2D eigenvalue weighted by molar-refractivity contribution is 0.0275. The first-order valence-electron chi connectivity index (χ1n) is 8.73. The second-order valence-corrected chi connectivity index (χ2v) is 5.69. The van der Waals surface area contributed by atoms with Crippen molar-refractivity contribution in [2.75, 3.05) is 13.2 Å². The van der Waals surface area contributed by atoms with Crippen molar-refractivity contribution in [2.24, 2.45) is 0 Å². The van der Waals surface area contributed by atoms with E-state index in [2.05, 4.69) is 56.4 Å². The maximum absolute atomic E-state index is 6.01. The van der Waals surface area contributed by atoms with Crippen LogP contribution in [0.3, 0.4) is 0 Å². The van der Waals surface area contributed by atoms with Gasteiger partial charge in [0, 0.05) is 6.61 Å². The van der Waals surface area contributed by atoms with E-state index in [1.54, 1.807) is 0 Å². The second-order valence-electron chi connectivity index (χ2n) is 5.69. The predicted molar refractivity (Wildman–Crippen MR) is 91.6 cm³/mol. The number of hydrogen-bond acceptors (Lipinski definition) is 2. The Morgan fingerprint density at radius 1 is 0.952 bits per heavy atom. The van der Waals surface area contributed by atoms with Gasteiger partial charge in [-0.25, -0.2) is 0 Å². The zero-order valence-corrected chi connectivity index (χ0v) is 14.1. The van der Waals surface area contributed by atoms with Crippen molar-refractivity contribution in [3.8, 4) is 0 Å². The molecule has 0 spiro atoms. The fourth-order valence-corrected chi connectivity index (χ4v) is 2.78. The van der Waals surface area contributed by atoms with Crippen LogP contribution in [0.5, 0.6) is 0 Å². The van der Waals surface area contributed by atoms with Gasteiger partial charge < -0.3 is 10.1 Å². The minimum atomic E-state index is 0.272. The zero-order valence-electron chi connectivity index (χ0n) is 14.1. The first-order chi connectivity index (χ1) is 10.3. The molecular formula is C19H33NO. The molecule has 0 amide bonds. The average Bonchev–Trinajstić information content (AvgIpc) is 2.52. The highest BCUT2D eigenvalue weighted by atomic mass is 16.5. The summed E-state index contributed by atoms with van der Waals surface area (Å²) in [7, 11) is 0. The minimum Gasteiger partial charge on any atom is -0.377 e. The second kappa shape index (κ2) is 11.8. The summed E-state index contributed by atoms with van der Waals surface area (Å²) in [5.74, 6) is 0. The predicted octanol–water partition coefficient (Wildman–Crippen LogP) is 5.10. The lowest BCUT2D eigenvalue weighted by Gasteiger charge is -2.28. The fraction of sp³-hybridized carbons (Fsp3) is 0.684. The van der Waals surface area contributed by atoms with Crippen LogP contribution in [-0.4, -0.2) is 19.3 Å². The van der Waals surface area contributed by atoms with Crippen LogP contribution in [0.25, 0.3) is 0 Å². The summed E-state index contributed by atoms with van der Waals surface area (Å²) in [5.41, 5.74) is 1.35. The van der Waals surface area contributed by atoms with Crippen LogP contribution < -0.4 is 5.32 Å². The quantitative estimate of drug-likeness (QED) is 0.541. The lowest BCUT2D eigenvalue weighted by Crippen LogP contribution is -2.34. The van der Waals surface area contributed by atoms with Crippen molar-refractivity contribution in [1.29, 1.82) is 0 Å². The molecule has 0 bridgehead atoms. The molecule has 2 unspecified atom stereocenters. The van der Waals surface area contributed by atoms with E-state index < -0.39 is 0 Å². The smallest absolute Gasteiger partial charge is 0.0769 e. The van der Waals surface area contributed by atoms with Gasteiger partial charge in [-0.15, -0.1) is 0 Å². The molecule has 1 aromatic rings. The summed E-state index contributed by atoms with van der Waals surface area (Å²) >= 11 is 0. The van der Waals surface area contributed by atoms with Gasteiger partial charge in [0.15, 0.2) is 0 Å². The van der Waals surface area contributed by atoms with Crippen molar-refractivity contribution in [3.05, 3.63) is 35.9 Å². The summed E-state index contributed by atoms with van der Waals surface area (Å²) in [6.07, 6.45) is 7.73. The molecule has 0 saturated heterocycles. The highest BCUT2D eigenvalue weighted by Crippen LogP contribution is 2.23. The maximum Gasteiger partial charge on any atom is 0.0769 e. The summed E-state index contributed by atoms with van der Waals surface area (Å²) < 4.78 is 6.01. The molecule has 21 heavy (non-hydrogen) atoms. The fourth-order valence-electron chi connectivity index (χ4n) is 2.78. The molecule has 2 nitrogen and oxygen atoms in total. The van der Waals surface area contributed by atoms with Crippen LogP contribution in [0.2, 0.25) is 0 Å². The maximum atomic E-state index is 6.01. The number of benzene rings is 1. The molecule has 0 aliphatic rings. The molecule has 120 valence electrons. The van der Waals surface area contributed by atoms with Crippen molar-refractivity contribution >= 4 is 0 Å². The molecule has 0 aliphatic heterocycles. The standard InChI is InChI=1S/C19H33NO/c1-4-7-8-12-16-20-19(17-14-10-9-11-15-17)18(13-5-2)21-6-3/h9-11,14-15,18-20H,4-8,12-13,16H2,1-3H3. The van der Waals surface area contributed by atoms with E-state index in [9.17, 15) is 0 Å². The third kappa shape index (κ3) is 7.10. The van der Waals surface area contributed by atoms with E-state index in [1.807, 2.05) is 0 Å². The molecular weight excluding hydrogens is 258 g/mol. The number of nitrogens with one attached hydrogen (secondary N) is 1. The summed E-state index contributed by atoms with van der Waals surface area (Å²) in [6.45, 7) is 8.44. The van der Waals surface area contributed by atoms with Crippen LogP contribution >= 0.6 is 0 Å². The zero-order chi connectivity index (χ0) is 15.3. The molecule has 0 aromatic heterocycles. The number of ether oxygens (including phenoxy) is 1. The first-order valence-corrected chi connectivity index (χ1v) is 8.73. The van der Waals surface area contributed by atoms with E-state index in [1.165, 1.54) is 31.2 Å². The number of unbranched alkanes of at least 4 members (excludes halogenated alkanes) is 3. The number of hydrogen-bond donors (Lipinski definition) is 1. The monoisotopic (exact) mass is 291 g/mol. The van der Waals surface area contributed by atoms with Gasteiger partial charge in [-0.2, -0.15) is 0 Å². The molecule has 2 atom stereocenters. The molecule has 0 radical (unpaired) electrons. The van der Waals surface area contributed by atoms with Crippen LogP contribution in [0.1, 0.15) is 70.9 Å². The Morgan fingerprint density at radius 3 is 2.33 bits per heavy atom. The van der Waals surface area contributed by atoms with Gasteiger partial charge in [-0.3, -0.25) is 0 Å². The van der Waals surface area contributed by atoms with Gasteiger partial charge >= 0.3 is 0 Å². The Kier molecular flexibility index (Phi) is 10.2. The third-order valence-electron chi connectivity index (χ3n) is 3.88. The molecule has 0 aliphatic carbocycles. The van der Waals surface area contributed by atoms with Crippen LogP contribution in [0.4, 0.5) is 0 Å². The van der Waals surface area contributed by atoms with Gasteiger partial charge in [-0.1, -0.05) is 69.9 Å². The molecule has 0 heterocycles. The SMILES string of the molecule is CCCCCCNC(c1ccccc1)C(CCC)OCC. The Morgan fingerprint density at radius 2 is 1.71 bits per heavy atom. The van der Waals surface area contributed by atoms with Gasteiger partial charge in [0.1, 0.15) is 0 Å². The normalized spacial score (nSPS) is 14.0. The third-order valence-corrected chi connectivity index (χ3v) is 3.88. The summed E-state index contributed by atoms with van der Waals surface area (Å²) in [5, 5.41) is 3.74. The van der Waals surface area contributed by atoms with Crippen molar-refractivity contribution in [1.82, 2.24) is 5.32 Å². The lowest BCUT2D eigenvalue weighted by atomic mass is 9.97. The van der Waals surface area contributed by atoms with Crippen LogP contribution in [0.15, 0.2) is 30.3 Å². The summed E-state index contributed by atoms with van der Waals surface area (Å²) in [6, 6.07) is 11.1. The number of rotatable bonds is 12. The Balaban J connectivity index is 2.64. The van der Waals surface area contributed by atoms with Gasteiger partial charge in [0.05, 0.1) is 12.1 Å². The van der Waals surface area contributed by atoms with E-state index in [0.29, 0.717) is 6.04 Å². The topological polar surface area (TPSA) is 21.3 Å². The van der Waals surface area contributed by atoms with Gasteiger partial charge in [-0.05, 0) is 31.9 Å². The molecule has 1 N–H and O–H groups in total. The first kappa shape index (κ1) is 18.2. The van der Waals surface area contributed by atoms with E-state index in [0.717, 1.165) is 26.0 Å². The van der Waals surface area contributed by atoms with Gasteiger partial charge in [0.25, 0.3) is 0 Å². The van der Waals surface area contributed by atoms with Crippen LogP contribution in [0, 0.1) is 0 Å². The van der Waals surface area contributed by atoms with Crippen molar-refractivity contribution in [2.45, 2.75) is 71.4 Å². The highest BCUT2D eigenvalue weighted by molar-refractivity contribution is 5.20. The Hall–Kier alpha value is -0.860. The molecule has 1 rings (SSSR count). The van der Waals surface area contributed by atoms with Crippen molar-refractivity contribution < 1.29 is 4.74 Å². The highest BCUT2D eigenvalue weighted by Gasteiger charge is 2.22. The molecule has 0 fully saturated rings. The van der Waals surface area contributed by atoms with Crippen molar-refractivity contribution in [3.63, 3.8) is 0 Å². The van der Waals surface area contributed by atoms with Crippen LogP contribution in [-0.2, 0) is 4.74 Å². The Bertz CT molecular complexity index is 333. The molecule has 2 heteroatoms. The molecule has 1 aromatic carbocycles. The van der Waals surface area contributed by atoms with E-state index >= 15 is 0 Å².